The molecule has 2 aromatic carbocycles. The predicted molar refractivity (Wildman–Crippen MR) is 128 cm³/mol. The second-order valence-corrected chi connectivity index (χ2v) is 8.18. The van der Waals surface area contributed by atoms with Gasteiger partial charge in [0, 0.05) is 52.0 Å². The van der Waals surface area contributed by atoms with Crippen LogP contribution in [0.3, 0.4) is 0 Å². The summed E-state index contributed by atoms with van der Waals surface area (Å²) < 4.78 is 5.80. The number of nitrogens with zero attached hydrogens (tertiary/aromatic N) is 4. The van der Waals surface area contributed by atoms with Crippen molar-refractivity contribution in [2.24, 2.45) is 0 Å². The number of pyridine rings is 1. The second-order valence-electron chi connectivity index (χ2n) is 8.18. The fourth-order valence-electron chi connectivity index (χ4n) is 3.69. The van der Waals surface area contributed by atoms with Crippen LogP contribution in [0.5, 0.6) is 5.75 Å². The Morgan fingerprint density at radius 3 is 1.94 bits per heavy atom. The zero-order chi connectivity index (χ0) is 23.2. The Bertz CT molecular complexity index is 1070. The summed E-state index contributed by atoms with van der Waals surface area (Å²) >= 11 is 0. The van der Waals surface area contributed by atoms with Crippen LogP contribution < -0.4 is 9.64 Å². The quantitative estimate of drug-likeness (QED) is 0.584. The molecule has 0 bridgehead atoms. The van der Waals surface area contributed by atoms with Crippen molar-refractivity contribution in [3.05, 3.63) is 89.6 Å². The fourth-order valence-corrected chi connectivity index (χ4v) is 3.69. The third-order valence-corrected chi connectivity index (χ3v) is 5.66. The molecule has 0 N–H and O–H groups in total. The van der Waals surface area contributed by atoms with Crippen molar-refractivity contribution >= 4 is 17.6 Å². The van der Waals surface area contributed by atoms with Crippen molar-refractivity contribution in [3.8, 4) is 5.75 Å². The van der Waals surface area contributed by atoms with Crippen LogP contribution in [0.4, 0.5) is 5.82 Å². The van der Waals surface area contributed by atoms with Crippen molar-refractivity contribution in [2.45, 2.75) is 6.61 Å². The number of aromatic nitrogens is 1. The molecule has 7 heteroatoms. The smallest absolute Gasteiger partial charge is 0.255 e. The summed E-state index contributed by atoms with van der Waals surface area (Å²) in [6.45, 7) is 2.48. The molecule has 2 amide bonds. The van der Waals surface area contributed by atoms with E-state index in [9.17, 15) is 9.59 Å². The molecule has 33 heavy (non-hydrogen) atoms. The van der Waals surface area contributed by atoms with E-state index in [1.165, 1.54) is 0 Å². The summed E-state index contributed by atoms with van der Waals surface area (Å²) in [6.07, 6.45) is 1.61. The van der Waals surface area contributed by atoms with E-state index < -0.39 is 0 Å². The van der Waals surface area contributed by atoms with Gasteiger partial charge in [0.05, 0.1) is 5.56 Å². The van der Waals surface area contributed by atoms with Gasteiger partial charge in [-0.3, -0.25) is 9.59 Å². The van der Waals surface area contributed by atoms with Crippen molar-refractivity contribution < 1.29 is 14.3 Å². The van der Waals surface area contributed by atoms with Crippen molar-refractivity contribution in [1.82, 2.24) is 14.8 Å². The Hall–Kier alpha value is -3.87. The Morgan fingerprint density at radius 2 is 1.39 bits per heavy atom. The third-order valence-electron chi connectivity index (χ3n) is 5.66. The zero-order valence-corrected chi connectivity index (χ0v) is 19.0. The lowest BCUT2D eigenvalue weighted by Gasteiger charge is -2.34. The van der Waals surface area contributed by atoms with E-state index in [2.05, 4.69) is 4.98 Å². The molecule has 0 unspecified atom stereocenters. The van der Waals surface area contributed by atoms with Crippen LogP contribution in [0.2, 0.25) is 0 Å². The standard InChI is InChI=1S/C26H28N4O3/c1-28(2)24-13-10-22(18-27-24)26(32)30-16-14-29(15-17-30)25(31)21-8-11-23(12-9-21)33-19-20-6-4-3-5-7-20/h3-13,18H,14-17,19H2,1-2H3. The van der Waals surface area contributed by atoms with E-state index in [4.69, 9.17) is 4.74 Å². The number of anilines is 1. The molecule has 1 aliphatic rings. The van der Waals surface area contributed by atoms with Gasteiger partial charge in [0.25, 0.3) is 11.8 Å². The predicted octanol–water partition coefficient (Wildman–Crippen LogP) is 3.32. The molecule has 7 nitrogen and oxygen atoms in total. The molecule has 1 fully saturated rings. The number of hydrogen-bond acceptors (Lipinski definition) is 5. The monoisotopic (exact) mass is 444 g/mol. The largest absolute Gasteiger partial charge is 0.489 e. The lowest BCUT2D eigenvalue weighted by molar-refractivity contribution is 0.0535. The van der Waals surface area contributed by atoms with Crippen molar-refractivity contribution in [1.29, 1.82) is 0 Å². The maximum atomic E-state index is 12.9. The van der Waals surface area contributed by atoms with Crippen LogP contribution >= 0.6 is 0 Å². The maximum absolute atomic E-state index is 12.9. The van der Waals surface area contributed by atoms with E-state index in [-0.39, 0.29) is 11.8 Å². The maximum Gasteiger partial charge on any atom is 0.255 e. The third kappa shape index (κ3) is 5.49. The van der Waals surface area contributed by atoms with E-state index in [0.717, 1.165) is 17.1 Å². The Labute approximate surface area is 194 Å². The topological polar surface area (TPSA) is 66.0 Å². The van der Waals surface area contributed by atoms with Crippen LogP contribution in [0.25, 0.3) is 0 Å². The summed E-state index contributed by atoms with van der Waals surface area (Å²) in [5.74, 6) is 1.44. The van der Waals surface area contributed by atoms with Gasteiger partial charge in [-0.1, -0.05) is 30.3 Å². The minimum atomic E-state index is -0.0557. The number of piperazine rings is 1. The minimum Gasteiger partial charge on any atom is -0.489 e. The Morgan fingerprint density at radius 1 is 0.818 bits per heavy atom. The highest BCUT2D eigenvalue weighted by atomic mass is 16.5. The van der Waals surface area contributed by atoms with E-state index in [1.54, 1.807) is 34.2 Å². The van der Waals surface area contributed by atoms with Gasteiger partial charge in [-0.15, -0.1) is 0 Å². The van der Waals surface area contributed by atoms with Crippen molar-refractivity contribution in [3.63, 3.8) is 0 Å². The molecule has 2 heterocycles. The van der Waals surface area contributed by atoms with E-state index >= 15 is 0 Å². The van der Waals surface area contributed by atoms with Gasteiger partial charge in [0.15, 0.2) is 0 Å². The highest BCUT2D eigenvalue weighted by Crippen LogP contribution is 2.17. The van der Waals surface area contributed by atoms with Gasteiger partial charge >= 0.3 is 0 Å². The van der Waals surface area contributed by atoms with Gasteiger partial charge in [-0.25, -0.2) is 4.98 Å². The van der Waals surface area contributed by atoms with Gasteiger partial charge in [-0.05, 0) is 42.0 Å². The SMILES string of the molecule is CN(C)c1ccc(C(=O)N2CCN(C(=O)c3ccc(OCc4ccccc4)cc3)CC2)cn1. The van der Waals surface area contributed by atoms with Crippen LogP contribution in [0.15, 0.2) is 72.9 Å². The summed E-state index contributed by atoms with van der Waals surface area (Å²) in [5.41, 5.74) is 2.27. The van der Waals surface area contributed by atoms with Crippen LogP contribution in [0.1, 0.15) is 26.3 Å². The second kappa shape index (κ2) is 10.2. The van der Waals surface area contributed by atoms with Gasteiger partial charge < -0.3 is 19.4 Å². The molecule has 170 valence electrons. The summed E-state index contributed by atoms with van der Waals surface area (Å²) in [7, 11) is 3.82. The first-order valence-electron chi connectivity index (χ1n) is 11.0. The molecule has 0 spiro atoms. The average molecular weight is 445 g/mol. The molecule has 1 aliphatic heterocycles. The normalized spacial score (nSPS) is 13.5. The minimum absolute atomic E-state index is 0.0336. The number of amides is 2. The Kier molecular flexibility index (Phi) is 6.88. The number of ether oxygens (including phenoxy) is 1. The summed E-state index contributed by atoms with van der Waals surface area (Å²) in [4.78, 5) is 35.5. The number of hydrogen-bond donors (Lipinski definition) is 0. The van der Waals surface area contributed by atoms with E-state index in [0.29, 0.717) is 43.9 Å². The molecule has 0 aliphatic carbocycles. The number of carbonyl (C=O) groups excluding carboxylic acids is 2. The number of carbonyl (C=O) groups is 2. The number of benzene rings is 2. The Balaban J connectivity index is 1.29. The molecular weight excluding hydrogens is 416 g/mol. The molecule has 0 radical (unpaired) electrons. The fraction of sp³-hybridized carbons (Fsp3) is 0.269. The highest BCUT2D eigenvalue weighted by Gasteiger charge is 2.25. The number of rotatable bonds is 6. The molecule has 3 aromatic rings. The molecule has 1 saturated heterocycles. The van der Waals surface area contributed by atoms with Gasteiger partial charge in [0.1, 0.15) is 18.2 Å². The van der Waals surface area contributed by atoms with Crippen molar-refractivity contribution in [2.75, 3.05) is 45.2 Å². The molecule has 0 saturated carbocycles. The lowest BCUT2D eigenvalue weighted by Crippen LogP contribution is -2.50. The van der Waals surface area contributed by atoms with Gasteiger partial charge in [0.2, 0.25) is 0 Å². The van der Waals surface area contributed by atoms with Crippen LogP contribution in [0, 0.1) is 0 Å². The summed E-state index contributed by atoms with van der Waals surface area (Å²) in [6, 6.07) is 20.8. The molecule has 4 rings (SSSR count). The first-order chi connectivity index (χ1) is 16.0. The molecular formula is C26H28N4O3. The molecule has 1 aromatic heterocycles. The van der Waals surface area contributed by atoms with Crippen LogP contribution in [-0.2, 0) is 6.61 Å². The molecule has 0 atom stereocenters. The van der Waals surface area contributed by atoms with Gasteiger partial charge in [-0.2, -0.15) is 0 Å². The first kappa shape index (κ1) is 22.3. The lowest BCUT2D eigenvalue weighted by atomic mass is 10.1. The first-order valence-corrected chi connectivity index (χ1v) is 11.0. The average Bonchev–Trinajstić information content (AvgIpc) is 2.87. The zero-order valence-electron chi connectivity index (χ0n) is 19.0. The van der Waals surface area contributed by atoms with Crippen LogP contribution in [-0.4, -0.2) is 66.9 Å². The highest BCUT2D eigenvalue weighted by molar-refractivity contribution is 5.96. The van der Waals surface area contributed by atoms with E-state index in [1.807, 2.05) is 67.5 Å². The summed E-state index contributed by atoms with van der Waals surface area (Å²) in [5, 5.41) is 0.